The minimum Gasteiger partial charge on any atom is -0.342 e. The lowest BCUT2D eigenvalue weighted by molar-refractivity contribution is 0.596. The summed E-state index contributed by atoms with van der Waals surface area (Å²) in [5.41, 5.74) is 2.48. The van der Waals surface area contributed by atoms with Crippen LogP contribution in [-0.4, -0.2) is 25.1 Å². The number of rotatable bonds is 4. The lowest BCUT2D eigenvalue weighted by Crippen LogP contribution is -2.36. The molecular weight excluding hydrogens is 294 g/mol. The van der Waals surface area contributed by atoms with Gasteiger partial charge in [-0.05, 0) is 25.8 Å². The molecule has 0 saturated heterocycles. The Morgan fingerprint density at radius 1 is 1.30 bits per heavy atom. The molecule has 2 rings (SSSR count). The molecule has 5 nitrogen and oxygen atoms in total. The van der Waals surface area contributed by atoms with Gasteiger partial charge in [-0.1, -0.05) is 0 Å². The molecule has 20 heavy (non-hydrogen) atoms. The van der Waals surface area contributed by atoms with E-state index in [9.17, 15) is 9.59 Å². The second kappa shape index (κ2) is 5.73. The van der Waals surface area contributed by atoms with E-state index in [1.165, 1.54) is 4.57 Å². The van der Waals surface area contributed by atoms with Crippen molar-refractivity contribution < 1.29 is 0 Å². The van der Waals surface area contributed by atoms with Crippen LogP contribution in [0.3, 0.4) is 0 Å². The molecule has 2 aromatic heterocycles. The molecule has 0 aliphatic rings. The van der Waals surface area contributed by atoms with E-state index in [4.69, 9.17) is 0 Å². The monoisotopic (exact) mass is 313 g/mol. The van der Waals surface area contributed by atoms with Crippen molar-refractivity contribution in [3.8, 4) is 0 Å². The van der Waals surface area contributed by atoms with Gasteiger partial charge in [0.25, 0.3) is 5.56 Å². The zero-order valence-electron chi connectivity index (χ0n) is 11.8. The quantitative estimate of drug-likeness (QED) is 0.744. The summed E-state index contributed by atoms with van der Waals surface area (Å²) in [5.74, 6) is 0.611. The Bertz CT molecular complexity index is 758. The molecule has 0 unspecified atom stereocenters. The molecule has 0 saturated carbocycles. The van der Waals surface area contributed by atoms with Crippen LogP contribution in [0.2, 0.25) is 0 Å². The van der Waals surface area contributed by atoms with Crippen molar-refractivity contribution in [3.63, 3.8) is 0 Å². The molecule has 1 N–H and O–H groups in total. The van der Waals surface area contributed by atoms with Crippen LogP contribution in [0, 0.1) is 13.8 Å². The molecule has 0 aliphatic carbocycles. The normalized spacial score (nSPS) is 13.1. The van der Waals surface area contributed by atoms with E-state index < -0.39 is 0 Å². The number of fused-ring (bicyclic) bond motifs is 1. The first-order chi connectivity index (χ1) is 9.38. The van der Waals surface area contributed by atoms with Crippen LogP contribution in [0.4, 0.5) is 0 Å². The molecule has 2 heterocycles. The Morgan fingerprint density at radius 3 is 2.55 bits per heavy atom. The zero-order valence-corrected chi connectivity index (χ0v) is 13.6. The third-order valence-corrected chi connectivity index (χ3v) is 4.98. The molecule has 1 atom stereocenters. The molecular formula is C13H19N3O2S2. The van der Waals surface area contributed by atoms with Gasteiger partial charge in [-0.25, -0.2) is 4.79 Å². The molecule has 0 aromatic carbocycles. The van der Waals surface area contributed by atoms with Crippen LogP contribution in [-0.2, 0) is 13.6 Å². The summed E-state index contributed by atoms with van der Waals surface area (Å²) in [6, 6.07) is 0. The molecule has 0 bridgehead atoms. The van der Waals surface area contributed by atoms with Crippen molar-refractivity contribution in [2.24, 2.45) is 7.05 Å². The predicted octanol–water partition coefficient (Wildman–Crippen LogP) is 1.26. The van der Waals surface area contributed by atoms with Crippen LogP contribution in [0.15, 0.2) is 9.59 Å². The van der Waals surface area contributed by atoms with Crippen LogP contribution >= 0.6 is 25.3 Å². The molecule has 0 amide bonds. The second-order valence-corrected chi connectivity index (χ2v) is 6.10. The molecule has 0 spiro atoms. The minimum absolute atomic E-state index is 0.0669. The van der Waals surface area contributed by atoms with Crippen molar-refractivity contribution >= 4 is 36.3 Å². The number of hydrogen-bond donors (Lipinski definition) is 3. The van der Waals surface area contributed by atoms with E-state index in [-0.39, 0.29) is 16.5 Å². The van der Waals surface area contributed by atoms with Gasteiger partial charge in [-0.3, -0.25) is 9.36 Å². The van der Waals surface area contributed by atoms with E-state index in [1.54, 1.807) is 0 Å². The van der Waals surface area contributed by atoms with Gasteiger partial charge in [-0.15, -0.1) is 0 Å². The Labute approximate surface area is 127 Å². The maximum absolute atomic E-state index is 12.5. The smallest absolute Gasteiger partial charge is 0.328 e. The number of hydrogen-bond acceptors (Lipinski definition) is 4. The molecule has 0 fully saturated rings. The van der Waals surface area contributed by atoms with Gasteiger partial charge in [0.05, 0.1) is 5.52 Å². The number of H-pyrrole nitrogens is 1. The summed E-state index contributed by atoms with van der Waals surface area (Å²) in [4.78, 5) is 27.4. The van der Waals surface area contributed by atoms with Gasteiger partial charge < -0.3 is 9.55 Å². The average Bonchev–Trinajstić information content (AvgIpc) is 2.63. The summed E-state index contributed by atoms with van der Waals surface area (Å²) in [6.07, 6.45) is 0.628. The van der Waals surface area contributed by atoms with Crippen molar-refractivity contribution in [1.82, 2.24) is 14.1 Å². The fourth-order valence-corrected chi connectivity index (χ4v) is 2.61. The van der Waals surface area contributed by atoms with E-state index in [0.717, 1.165) is 11.3 Å². The van der Waals surface area contributed by atoms with Crippen molar-refractivity contribution in [2.75, 3.05) is 5.75 Å². The minimum atomic E-state index is -0.365. The predicted molar refractivity (Wildman–Crippen MR) is 88.5 cm³/mol. The number of nitrogens with zero attached hydrogens (tertiary/aromatic N) is 2. The lowest BCUT2D eigenvalue weighted by atomic mass is 10.2. The highest BCUT2D eigenvalue weighted by atomic mass is 32.1. The summed E-state index contributed by atoms with van der Waals surface area (Å²) >= 11 is 8.49. The topological polar surface area (TPSA) is 59.8 Å². The Balaban J connectivity index is 2.61. The summed E-state index contributed by atoms with van der Waals surface area (Å²) in [7, 11) is 1.84. The highest BCUT2D eigenvalue weighted by molar-refractivity contribution is 7.84. The van der Waals surface area contributed by atoms with Crippen LogP contribution in [0.5, 0.6) is 0 Å². The first-order valence-electron chi connectivity index (χ1n) is 6.46. The molecule has 7 heteroatoms. The maximum Gasteiger partial charge on any atom is 0.328 e. The lowest BCUT2D eigenvalue weighted by Gasteiger charge is -2.09. The van der Waals surface area contributed by atoms with Gasteiger partial charge in [0.1, 0.15) is 5.52 Å². The fraction of sp³-hybridized carbons (Fsp3) is 0.538. The van der Waals surface area contributed by atoms with Crippen LogP contribution in [0.25, 0.3) is 11.0 Å². The molecule has 0 aliphatic heterocycles. The van der Waals surface area contributed by atoms with Crippen molar-refractivity contribution in [3.05, 3.63) is 32.1 Å². The summed E-state index contributed by atoms with van der Waals surface area (Å²) in [6.45, 7) is 4.19. The third kappa shape index (κ3) is 2.44. The summed E-state index contributed by atoms with van der Waals surface area (Å²) < 4.78 is 3.07. The largest absolute Gasteiger partial charge is 0.342 e. The van der Waals surface area contributed by atoms with E-state index in [1.807, 2.05) is 25.5 Å². The SMILES string of the molecule is Cc1c(C)n(C)c2c(=O)n(CC[C@@H](S)CS)c(=O)[nH]c12. The third-order valence-electron chi connectivity index (χ3n) is 3.81. The van der Waals surface area contributed by atoms with Gasteiger partial charge in [0, 0.05) is 30.3 Å². The Hall–Kier alpha value is -1.08. The van der Waals surface area contributed by atoms with Crippen LogP contribution in [0.1, 0.15) is 17.7 Å². The highest BCUT2D eigenvalue weighted by Crippen LogP contribution is 2.18. The number of aromatic nitrogens is 3. The molecule has 2 aromatic rings. The van der Waals surface area contributed by atoms with Crippen LogP contribution < -0.4 is 11.2 Å². The molecule has 0 radical (unpaired) electrons. The molecule has 110 valence electrons. The summed E-state index contributed by atoms with van der Waals surface area (Å²) in [5, 5.41) is 0.0669. The second-order valence-electron chi connectivity index (χ2n) is 5.01. The maximum atomic E-state index is 12.5. The fourth-order valence-electron chi connectivity index (χ4n) is 2.32. The van der Waals surface area contributed by atoms with E-state index in [2.05, 4.69) is 30.2 Å². The first-order valence-corrected chi connectivity index (χ1v) is 7.61. The Morgan fingerprint density at radius 2 is 1.95 bits per heavy atom. The van der Waals surface area contributed by atoms with Gasteiger partial charge in [-0.2, -0.15) is 25.3 Å². The van der Waals surface area contributed by atoms with Gasteiger partial charge in [0.2, 0.25) is 0 Å². The van der Waals surface area contributed by atoms with Gasteiger partial charge in [0.15, 0.2) is 0 Å². The van der Waals surface area contributed by atoms with Gasteiger partial charge >= 0.3 is 5.69 Å². The first kappa shape index (κ1) is 15.3. The zero-order chi connectivity index (χ0) is 15.0. The Kier molecular flexibility index (Phi) is 4.39. The number of aromatic amines is 1. The van der Waals surface area contributed by atoms with E-state index in [0.29, 0.717) is 29.8 Å². The number of nitrogens with one attached hydrogen (secondary N) is 1. The standard InChI is InChI=1S/C13H19N3O2S2/c1-7-8(2)15(3)11-10(7)14-13(18)16(12(11)17)5-4-9(20)6-19/h9,19-20H,4-6H2,1-3H3,(H,14,18)/t9-/m1/s1. The van der Waals surface area contributed by atoms with Crippen molar-refractivity contribution in [2.45, 2.75) is 32.1 Å². The number of thiol groups is 2. The van der Waals surface area contributed by atoms with E-state index >= 15 is 0 Å². The van der Waals surface area contributed by atoms with Crippen molar-refractivity contribution in [1.29, 1.82) is 0 Å². The number of aryl methyl sites for hydroxylation is 2. The highest BCUT2D eigenvalue weighted by Gasteiger charge is 2.16. The average molecular weight is 313 g/mol.